The van der Waals surface area contributed by atoms with Crippen LogP contribution in [0.2, 0.25) is 0 Å². The molecular formula is C19H24N2O3S2. The highest BCUT2D eigenvalue weighted by Gasteiger charge is 2.32. The maximum Gasteiger partial charge on any atom is 0.169 e. The topological polar surface area (TPSA) is 43.0 Å². The van der Waals surface area contributed by atoms with Gasteiger partial charge in [0.25, 0.3) is 0 Å². The number of nitrogens with one attached hydrogen (secondary N) is 1. The maximum absolute atomic E-state index is 5.69. The number of methoxy groups -OCH3 is 3. The van der Waals surface area contributed by atoms with Gasteiger partial charge in [0.05, 0.1) is 26.9 Å². The van der Waals surface area contributed by atoms with Gasteiger partial charge >= 0.3 is 0 Å². The van der Waals surface area contributed by atoms with Crippen molar-refractivity contribution >= 4 is 28.7 Å². The lowest BCUT2D eigenvalue weighted by molar-refractivity contribution is 0.202. The summed E-state index contributed by atoms with van der Waals surface area (Å²) >= 11 is 7.43. The lowest BCUT2D eigenvalue weighted by atomic mass is 9.91. The average molecular weight is 393 g/mol. The Morgan fingerprint density at radius 2 is 2.04 bits per heavy atom. The predicted molar refractivity (Wildman–Crippen MR) is 109 cm³/mol. The van der Waals surface area contributed by atoms with E-state index in [9.17, 15) is 0 Å². The third-order valence-electron chi connectivity index (χ3n) is 4.53. The zero-order valence-corrected chi connectivity index (χ0v) is 16.9. The summed E-state index contributed by atoms with van der Waals surface area (Å²) in [7, 11) is 5.03. The number of rotatable bonds is 6. The Morgan fingerprint density at radius 1 is 1.27 bits per heavy atom. The minimum absolute atomic E-state index is 0.0705. The highest BCUT2D eigenvalue weighted by molar-refractivity contribution is 7.80. The van der Waals surface area contributed by atoms with Crippen LogP contribution in [0.25, 0.3) is 0 Å². The normalized spacial score (nSPS) is 16.1. The van der Waals surface area contributed by atoms with Gasteiger partial charge in [0, 0.05) is 25.1 Å². The molecule has 0 bridgehead atoms. The first-order chi connectivity index (χ1) is 12.7. The van der Waals surface area contributed by atoms with Gasteiger partial charge in [-0.25, -0.2) is 0 Å². The Morgan fingerprint density at radius 3 is 2.69 bits per heavy atom. The molecule has 26 heavy (non-hydrogen) atoms. The molecule has 5 nitrogen and oxygen atoms in total. The van der Waals surface area contributed by atoms with Crippen molar-refractivity contribution in [1.82, 2.24) is 10.2 Å². The van der Waals surface area contributed by atoms with Gasteiger partial charge in [-0.15, -0.1) is 11.3 Å². The number of hydrogen-bond donors (Lipinski definition) is 1. The zero-order valence-electron chi connectivity index (χ0n) is 15.3. The van der Waals surface area contributed by atoms with Crippen molar-refractivity contribution in [3.63, 3.8) is 0 Å². The largest absolute Gasteiger partial charge is 0.493 e. The van der Waals surface area contributed by atoms with Gasteiger partial charge in [-0.05, 0) is 53.3 Å². The summed E-state index contributed by atoms with van der Waals surface area (Å²) in [6.07, 6.45) is 0.906. The fraction of sp³-hybridized carbons (Fsp3) is 0.421. The van der Waals surface area contributed by atoms with Gasteiger partial charge in [0.1, 0.15) is 0 Å². The molecule has 1 N–H and O–H groups in total. The maximum atomic E-state index is 5.69. The van der Waals surface area contributed by atoms with Crippen molar-refractivity contribution in [2.24, 2.45) is 0 Å². The smallest absolute Gasteiger partial charge is 0.169 e. The second kappa shape index (κ2) is 8.70. The second-order valence-electron chi connectivity index (χ2n) is 5.99. The molecular weight excluding hydrogens is 368 g/mol. The van der Waals surface area contributed by atoms with Gasteiger partial charge in [-0.2, -0.15) is 0 Å². The lowest BCUT2D eigenvalue weighted by Gasteiger charge is -2.39. The number of ether oxygens (including phenoxy) is 3. The summed E-state index contributed by atoms with van der Waals surface area (Å²) in [4.78, 5) is 3.51. The van der Waals surface area contributed by atoms with Crippen molar-refractivity contribution < 1.29 is 14.2 Å². The number of thiophene rings is 1. The van der Waals surface area contributed by atoms with Gasteiger partial charge in [0.2, 0.25) is 0 Å². The monoisotopic (exact) mass is 392 g/mol. The average Bonchev–Trinajstić information content (AvgIpc) is 3.20. The van der Waals surface area contributed by atoms with E-state index in [1.54, 1.807) is 32.7 Å². The zero-order chi connectivity index (χ0) is 18.5. The summed E-state index contributed by atoms with van der Waals surface area (Å²) in [5, 5.41) is 6.16. The van der Waals surface area contributed by atoms with Crippen LogP contribution in [0.15, 0.2) is 29.6 Å². The minimum atomic E-state index is 0.0705. The van der Waals surface area contributed by atoms with Gasteiger partial charge in [0.15, 0.2) is 16.6 Å². The Bertz CT molecular complexity index is 749. The molecule has 0 saturated heterocycles. The van der Waals surface area contributed by atoms with Crippen LogP contribution in [0.5, 0.6) is 11.5 Å². The van der Waals surface area contributed by atoms with Crippen LogP contribution < -0.4 is 14.8 Å². The molecule has 7 heteroatoms. The number of nitrogens with zero attached hydrogens (tertiary/aromatic N) is 1. The molecule has 0 fully saturated rings. The molecule has 2 heterocycles. The van der Waals surface area contributed by atoms with Crippen LogP contribution in [-0.4, -0.2) is 51.0 Å². The van der Waals surface area contributed by atoms with Gasteiger partial charge in [-0.3, -0.25) is 0 Å². The van der Waals surface area contributed by atoms with E-state index in [4.69, 9.17) is 26.4 Å². The fourth-order valence-electron chi connectivity index (χ4n) is 3.28. The van der Waals surface area contributed by atoms with Gasteiger partial charge in [-0.1, -0.05) is 6.07 Å². The van der Waals surface area contributed by atoms with Crippen molar-refractivity contribution in [2.45, 2.75) is 12.5 Å². The molecule has 140 valence electrons. The van der Waals surface area contributed by atoms with Gasteiger partial charge < -0.3 is 24.4 Å². The van der Waals surface area contributed by atoms with Crippen molar-refractivity contribution in [3.05, 3.63) is 45.6 Å². The molecule has 0 unspecified atom stereocenters. The SMILES string of the molecule is COCCNC(=S)N1CCc2cc(OC)c(OC)cc2[C@H]1c1cccs1. The van der Waals surface area contributed by atoms with Crippen molar-refractivity contribution in [2.75, 3.05) is 41.0 Å². The summed E-state index contributed by atoms with van der Waals surface area (Å²) in [6, 6.07) is 8.48. The van der Waals surface area contributed by atoms with E-state index in [1.807, 2.05) is 0 Å². The molecule has 2 aromatic rings. The van der Waals surface area contributed by atoms with E-state index in [2.05, 4.69) is 39.9 Å². The first-order valence-corrected chi connectivity index (χ1v) is 9.80. The van der Waals surface area contributed by atoms with E-state index in [-0.39, 0.29) is 6.04 Å². The van der Waals surface area contributed by atoms with E-state index in [0.29, 0.717) is 13.2 Å². The van der Waals surface area contributed by atoms with Crippen LogP contribution >= 0.6 is 23.6 Å². The van der Waals surface area contributed by atoms with Crippen LogP contribution in [-0.2, 0) is 11.2 Å². The Hall–Kier alpha value is -1.83. The molecule has 3 rings (SSSR count). The molecule has 1 atom stereocenters. The summed E-state index contributed by atoms with van der Waals surface area (Å²) in [6.45, 7) is 2.17. The number of hydrogen-bond acceptors (Lipinski definition) is 5. The Labute approximate surface area is 163 Å². The molecule has 0 amide bonds. The van der Waals surface area contributed by atoms with Crippen LogP contribution in [0, 0.1) is 0 Å². The summed E-state index contributed by atoms with van der Waals surface area (Å²) in [5.41, 5.74) is 2.49. The molecule has 1 aromatic carbocycles. The molecule has 1 aliphatic heterocycles. The van der Waals surface area contributed by atoms with Crippen LogP contribution in [0.1, 0.15) is 22.0 Å². The molecule has 1 aromatic heterocycles. The van der Waals surface area contributed by atoms with Crippen LogP contribution in [0.4, 0.5) is 0 Å². The van der Waals surface area contributed by atoms with E-state index in [1.165, 1.54) is 16.0 Å². The third kappa shape index (κ3) is 3.79. The number of thiocarbonyl (C=S) groups is 1. The highest BCUT2D eigenvalue weighted by atomic mass is 32.1. The first kappa shape index (κ1) is 18.9. The lowest BCUT2D eigenvalue weighted by Crippen LogP contribution is -2.46. The second-order valence-corrected chi connectivity index (χ2v) is 7.36. The van der Waals surface area contributed by atoms with E-state index < -0.39 is 0 Å². The summed E-state index contributed by atoms with van der Waals surface area (Å²) in [5.74, 6) is 1.51. The molecule has 0 radical (unpaired) electrons. The summed E-state index contributed by atoms with van der Waals surface area (Å²) < 4.78 is 16.1. The molecule has 0 aliphatic carbocycles. The quantitative estimate of drug-likeness (QED) is 0.601. The fourth-order valence-corrected chi connectivity index (χ4v) is 4.43. The number of fused-ring (bicyclic) bond motifs is 1. The van der Waals surface area contributed by atoms with E-state index >= 15 is 0 Å². The molecule has 0 saturated carbocycles. The predicted octanol–water partition coefficient (Wildman–Crippen LogP) is 3.23. The van der Waals surface area contributed by atoms with Crippen LogP contribution in [0.3, 0.4) is 0 Å². The molecule has 0 spiro atoms. The third-order valence-corrected chi connectivity index (χ3v) is 5.83. The highest BCUT2D eigenvalue weighted by Crippen LogP contribution is 2.42. The molecule has 1 aliphatic rings. The number of benzene rings is 1. The van der Waals surface area contributed by atoms with E-state index in [0.717, 1.165) is 29.6 Å². The standard InChI is InChI=1S/C19H24N2O3S2/c1-22-9-7-20-19(25)21-8-6-13-11-15(23-2)16(24-3)12-14(13)18(21)17-5-4-10-26-17/h4-5,10-12,18H,6-9H2,1-3H3,(H,20,25)/t18-/m0/s1. The minimum Gasteiger partial charge on any atom is -0.493 e. The Kier molecular flexibility index (Phi) is 6.34. The van der Waals surface area contributed by atoms with Crippen molar-refractivity contribution in [3.8, 4) is 11.5 Å². The Balaban J connectivity index is 1.98. The van der Waals surface area contributed by atoms with Crippen molar-refractivity contribution in [1.29, 1.82) is 0 Å². The first-order valence-electron chi connectivity index (χ1n) is 8.51.